The number of rotatable bonds is 1. The van der Waals surface area contributed by atoms with E-state index < -0.39 is 11.7 Å². The van der Waals surface area contributed by atoms with E-state index in [9.17, 15) is 18.0 Å². The van der Waals surface area contributed by atoms with Crippen LogP contribution < -0.4 is 5.56 Å². The molecule has 0 aliphatic carbocycles. The summed E-state index contributed by atoms with van der Waals surface area (Å²) in [6, 6.07) is 4.45. The number of hydrogen-bond donors (Lipinski definition) is 1. The van der Waals surface area contributed by atoms with Gasteiger partial charge in [-0.1, -0.05) is 12.1 Å². The maximum atomic E-state index is 12.5. The summed E-state index contributed by atoms with van der Waals surface area (Å²) in [4.78, 5) is 25.8. The van der Waals surface area contributed by atoms with Gasteiger partial charge >= 0.3 is 6.18 Å². The van der Waals surface area contributed by atoms with E-state index in [1.54, 1.807) is 0 Å². The van der Waals surface area contributed by atoms with E-state index in [2.05, 4.69) is 19.9 Å². The molecule has 3 aromatic rings. The molecule has 0 aliphatic rings. The van der Waals surface area contributed by atoms with Crippen LogP contribution in [0.25, 0.3) is 22.4 Å². The topological polar surface area (TPSA) is 71.5 Å². The first kappa shape index (κ1) is 13.2. The van der Waals surface area contributed by atoms with Crippen LogP contribution in [0.3, 0.4) is 0 Å². The number of nitrogens with zero attached hydrogens (tertiary/aromatic N) is 3. The lowest BCUT2D eigenvalue weighted by Crippen LogP contribution is -2.08. The maximum absolute atomic E-state index is 12.5. The molecule has 0 radical (unpaired) electrons. The molecule has 3 rings (SSSR count). The number of aromatic nitrogens is 4. The zero-order valence-corrected chi connectivity index (χ0v) is 10.3. The third kappa shape index (κ3) is 2.47. The lowest BCUT2D eigenvalue weighted by molar-refractivity contribution is -0.137. The largest absolute Gasteiger partial charge is 0.416 e. The summed E-state index contributed by atoms with van der Waals surface area (Å²) in [7, 11) is 0. The molecule has 0 saturated heterocycles. The first-order valence-corrected chi connectivity index (χ1v) is 5.83. The Morgan fingerprint density at radius 3 is 2.43 bits per heavy atom. The lowest BCUT2D eigenvalue weighted by atomic mass is 10.1. The maximum Gasteiger partial charge on any atom is 0.416 e. The average molecular weight is 292 g/mol. The Morgan fingerprint density at radius 1 is 1.05 bits per heavy atom. The van der Waals surface area contributed by atoms with Crippen LogP contribution in [-0.4, -0.2) is 19.9 Å². The number of fused-ring (bicyclic) bond motifs is 1. The van der Waals surface area contributed by atoms with Gasteiger partial charge in [0.15, 0.2) is 11.5 Å². The van der Waals surface area contributed by atoms with Crippen molar-refractivity contribution in [2.75, 3.05) is 0 Å². The van der Waals surface area contributed by atoms with Crippen LogP contribution in [0.4, 0.5) is 13.2 Å². The van der Waals surface area contributed by atoms with Gasteiger partial charge in [-0.3, -0.25) is 4.79 Å². The van der Waals surface area contributed by atoms with Crippen molar-refractivity contribution in [3.63, 3.8) is 0 Å². The first-order valence-electron chi connectivity index (χ1n) is 5.83. The van der Waals surface area contributed by atoms with Gasteiger partial charge in [-0.15, -0.1) is 0 Å². The van der Waals surface area contributed by atoms with Gasteiger partial charge in [0.25, 0.3) is 5.56 Å². The van der Waals surface area contributed by atoms with Crippen LogP contribution in [0.1, 0.15) is 5.56 Å². The first-order chi connectivity index (χ1) is 9.95. The minimum Gasteiger partial charge on any atom is -0.312 e. The number of alkyl halides is 3. The number of benzene rings is 1. The molecule has 0 amide bonds. The van der Waals surface area contributed by atoms with E-state index in [0.29, 0.717) is 5.56 Å². The van der Waals surface area contributed by atoms with Gasteiger partial charge in [0.1, 0.15) is 5.39 Å². The van der Waals surface area contributed by atoms with Crippen molar-refractivity contribution in [2.45, 2.75) is 6.18 Å². The van der Waals surface area contributed by atoms with Crippen molar-refractivity contribution in [2.24, 2.45) is 0 Å². The van der Waals surface area contributed by atoms with Crippen molar-refractivity contribution < 1.29 is 13.2 Å². The number of H-pyrrole nitrogens is 1. The zero-order chi connectivity index (χ0) is 15.0. The summed E-state index contributed by atoms with van der Waals surface area (Å²) in [6.45, 7) is 0. The lowest BCUT2D eigenvalue weighted by Gasteiger charge is -2.07. The van der Waals surface area contributed by atoms with E-state index in [0.717, 1.165) is 12.1 Å². The average Bonchev–Trinajstić information content (AvgIpc) is 2.46. The fourth-order valence-electron chi connectivity index (χ4n) is 1.81. The predicted molar refractivity (Wildman–Crippen MR) is 68.4 cm³/mol. The fraction of sp³-hybridized carbons (Fsp3) is 0.0769. The van der Waals surface area contributed by atoms with Gasteiger partial charge in [0.05, 0.1) is 11.9 Å². The van der Waals surface area contributed by atoms with E-state index in [1.165, 1.54) is 24.7 Å². The van der Waals surface area contributed by atoms with Gasteiger partial charge in [0, 0.05) is 11.8 Å². The molecule has 8 heteroatoms. The minimum absolute atomic E-state index is 0.184. The number of aromatic amines is 1. The molecule has 0 atom stereocenters. The molecule has 0 spiro atoms. The SMILES string of the molecule is O=c1[nH]cnc2nc(-c3ccc(C(F)(F)F)cc3)ncc12. The van der Waals surface area contributed by atoms with Crippen molar-refractivity contribution in [3.05, 3.63) is 52.7 Å². The molecule has 21 heavy (non-hydrogen) atoms. The molecule has 0 aliphatic heterocycles. The van der Waals surface area contributed by atoms with Crippen molar-refractivity contribution in [3.8, 4) is 11.4 Å². The number of halogens is 3. The Labute approximate surface area is 115 Å². The Hall–Kier alpha value is -2.77. The number of hydrogen-bond acceptors (Lipinski definition) is 4. The van der Waals surface area contributed by atoms with E-state index in [4.69, 9.17) is 0 Å². The molecule has 1 aromatic carbocycles. The molecule has 2 heterocycles. The summed E-state index contributed by atoms with van der Waals surface area (Å²) in [5.41, 5.74) is -0.531. The Bertz CT molecular complexity index is 856. The number of nitrogens with one attached hydrogen (secondary N) is 1. The zero-order valence-electron chi connectivity index (χ0n) is 10.3. The van der Waals surface area contributed by atoms with Gasteiger partial charge in [-0.25, -0.2) is 15.0 Å². The van der Waals surface area contributed by atoms with Gasteiger partial charge in [-0.05, 0) is 12.1 Å². The normalized spacial score (nSPS) is 11.8. The van der Waals surface area contributed by atoms with Crippen molar-refractivity contribution in [1.82, 2.24) is 19.9 Å². The van der Waals surface area contributed by atoms with Crippen LogP contribution in [0.15, 0.2) is 41.6 Å². The quantitative estimate of drug-likeness (QED) is 0.747. The smallest absolute Gasteiger partial charge is 0.312 e. The Morgan fingerprint density at radius 2 is 1.76 bits per heavy atom. The summed E-state index contributed by atoms with van der Waals surface area (Å²) < 4.78 is 37.5. The molecule has 5 nitrogen and oxygen atoms in total. The Kier molecular flexibility index (Phi) is 2.93. The van der Waals surface area contributed by atoms with E-state index in [-0.39, 0.29) is 22.4 Å². The standard InChI is InChI=1S/C13H7F3N4O/c14-13(15,16)8-3-1-7(2-4-8)10-17-5-9-11(20-10)18-6-19-12(9)21/h1-6H,(H,17,18,19,20,21). The summed E-state index contributed by atoms with van der Waals surface area (Å²) >= 11 is 0. The van der Waals surface area contributed by atoms with Crippen molar-refractivity contribution in [1.29, 1.82) is 0 Å². The highest BCUT2D eigenvalue weighted by molar-refractivity contribution is 5.74. The molecule has 2 aromatic heterocycles. The molecule has 0 saturated carbocycles. The highest BCUT2D eigenvalue weighted by Crippen LogP contribution is 2.30. The summed E-state index contributed by atoms with van der Waals surface area (Å²) in [6.07, 6.45) is -1.90. The van der Waals surface area contributed by atoms with Crippen LogP contribution in [-0.2, 0) is 6.18 Å². The fourth-order valence-corrected chi connectivity index (χ4v) is 1.81. The van der Waals surface area contributed by atoms with Crippen LogP contribution in [0.5, 0.6) is 0 Å². The molecule has 0 fully saturated rings. The third-order valence-electron chi connectivity index (χ3n) is 2.87. The van der Waals surface area contributed by atoms with Crippen molar-refractivity contribution >= 4 is 11.0 Å². The molecular formula is C13H7F3N4O. The van der Waals surface area contributed by atoms with Gasteiger partial charge in [0.2, 0.25) is 0 Å². The highest BCUT2D eigenvalue weighted by atomic mass is 19.4. The second-order valence-electron chi connectivity index (χ2n) is 4.24. The summed E-state index contributed by atoms with van der Waals surface area (Å²) in [5.74, 6) is 0.203. The van der Waals surface area contributed by atoms with Gasteiger partial charge < -0.3 is 4.98 Å². The summed E-state index contributed by atoms with van der Waals surface area (Å²) in [5, 5.41) is 0.216. The minimum atomic E-state index is -4.39. The molecule has 0 unspecified atom stereocenters. The van der Waals surface area contributed by atoms with Crippen LogP contribution >= 0.6 is 0 Å². The second-order valence-corrected chi connectivity index (χ2v) is 4.24. The molecule has 0 bridgehead atoms. The third-order valence-corrected chi connectivity index (χ3v) is 2.87. The van der Waals surface area contributed by atoms with Gasteiger partial charge in [-0.2, -0.15) is 13.2 Å². The molecule has 106 valence electrons. The molecular weight excluding hydrogens is 285 g/mol. The molecule has 1 N–H and O–H groups in total. The Balaban J connectivity index is 2.06. The predicted octanol–water partition coefficient (Wildman–Crippen LogP) is 2.40. The van der Waals surface area contributed by atoms with E-state index >= 15 is 0 Å². The van der Waals surface area contributed by atoms with E-state index in [1.807, 2.05) is 0 Å². The van der Waals surface area contributed by atoms with Crippen LogP contribution in [0.2, 0.25) is 0 Å². The highest BCUT2D eigenvalue weighted by Gasteiger charge is 2.30. The van der Waals surface area contributed by atoms with Crippen LogP contribution in [0, 0.1) is 0 Å². The monoisotopic (exact) mass is 292 g/mol. The second kappa shape index (κ2) is 4.65.